The lowest BCUT2D eigenvalue weighted by Gasteiger charge is -2.13. The fourth-order valence-corrected chi connectivity index (χ4v) is 1.97. The number of rotatable bonds is 3. The maximum Gasteiger partial charge on any atom is 0.137 e. The van der Waals surface area contributed by atoms with E-state index in [1.54, 1.807) is 12.1 Å². The highest BCUT2D eigenvalue weighted by Gasteiger charge is 2.14. The summed E-state index contributed by atoms with van der Waals surface area (Å²) in [4.78, 5) is 0. The molecule has 0 saturated heterocycles. The van der Waals surface area contributed by atoms with Gasteiger partial charge in [-0.05, 0) is 35.4 Å². The summed E-state index contributed by atoms with van der Waals surface area (Å²) in [7, 11) is 1.44. The van der Waals surface area contributed by atoms with Crippen molar-refractivity contribution in [2.24, 2.45) is 0 Å². The first-order valence-electron chi connectivity index (χ1n) is 5.48. The van der Waals surface area contributed by atoms with Gasteiger partial charge in [-0.15, -0.1) is 0 Å². The lowest BCUT2D eigenvalue weighted by molar-refractivity contribution is 0.218. The van der Waals surface area contributed by atoms with Gasteiger partial charge < -0.3 is 9.84 Å². The molecule has 0 radical (unpaired) electrons. The monoisotopic (exact) mass is 284 g/mol. The molecule has 0 aliphatic carbocycles. The van der Waals surface area contributed by atoms with Gasteiger partial charge in [0.1, 0.15) is 23.5 Å². The smallest absolute Gasteiger partial charge is 0.137 e. The second-order valence-corrected chi connectivity index (χ2v) is 4.41. The van der Waals surface area contributed by atoms with Gasteiger partial charge in [0.25, 0.3) is 0 Å². The standard InChI is InChI=1S/C14H11ClF2O2/c1-19-13-6-8(2-3-12(13)15)14(18)9-4-10(16)7-11(17)5-9/h2-7,14,18H,1H3. The number of aliphatic hydroxyl groups is 1. The molecule has 0 heterocycles. The average Bonchev–Trinajstić information content (AvgIpc) is 2.37. The van der Waals surface area contributed by atoms with Gasteiger partial charge in [-0.2, -0.15) is 0 Å². The molecule has 2 aromatic carbocycles. The minimum Gasteiger partial charge on any atom is -0.495 e. The van der Waals surface area contributed by atoms with Crippen LogP contribution in [0.1, 0.15) is 17.2 Å². The summed E-state index contributed by atoms with van der Waals surface area (Å²) in [5, 5.41) is 10.5. The molecule has 0 fully saturated rings. The minimum atomic E-state index is -1.16. The third-order valence-electron chi connectivity index (χ3n) is 2.69. The van der Waals surface area contributed by atoms with Gasteiger partial charge >= 0.3 is 0 Å². The highest BCUT2D eigenvalue weighted by Crippen LogP contribution is 2.30. The summed E-state index contributed by atoms with van der Waals surface area (Å²) < 4.78 is 31.3. The highest BCUT2D eigenvalue weighted by molar-refractivity contribution is 6.32. The van der Waals surface area contributed by atoms with Crippen LogP contribution in [0.4, 0.5) is 8.78 Å². The number of benzene rings is 2. The van der Waals surface area contributed by atoms with E-state index in [1.165, 1.54) is 13.2 Å². The summed E-state index contributed by atoms with van der Waals surface area (Å²) in [6, 6.07) is 7.55. The molecule has 5 heteroatoms. The molecule has 19 heavy (non-hydrogen) atoms. The van der Waals surface area contributed by atoms with E-state index in [0.717, 1.165) is 18.2 Å². The van der Waals surface area contributed by atoms with Crippen molar-refractivity contribution in [2.45, 2.75) is 6.10 Å². The first-order valence-corrected chi connectivity index (χ1v) is 5.86. The van der Waals surface area contributed by atoms with Crippen LogP contribution in [-0.4, -0.2) is 12.2 Å². The Kier molecular flexibility index (Phi) is 4.02. The number of halogens is 3. The lowest BCUT2D eigenvalue weighted by Crippen LogP contribution is -2.01. The van der Waals surface area contributed by atoms with Crippen LogP contribution in [0.25, 0.3) is 0 Å². The molecule has 0 aliphatic heterocycles. The van der Waals surface area contributed by atoms with Gasteiger partial charge in [0, 0.05) is 6.07 Å². The Balaban J connectivity index is 2.40. The SMILES string of the molecule is COc1cc(C(O)c2cc(F)cc(F)c2)ccc1Cl. The number of ether oxygens (including phenoxy) is 1. The van der Waals surface area contributed by atoms with Gasteiger partial charge in [-0.3, -0.25) is 0 Å². The summed E-state index contributed by atoms with van der Waals surface area (Å²) in [5.74, 6) is -1.10. The Labute approximate surface area is 114 Å². The van der Waals surface area contributed by atoms with E-state index >= 15 is 0 Å². The predicted octanol–water partition coefficient (Wildman–Crippen LogP) is 3.71. The van der Waals surface area contributed by atoms with Gasteiger partial charge in [0.15, 0.2) is 0 Å². The number of hydrogen-bond donors (Lipinski definition) is 1. The van der Waals surface area contributed by atoms with Crippen molar-refractivity contribution < 1.29 is 18.6 Å². The fraction of sp³-hybridized carbons (Fsp3) is 0.143. The molecule has 1 atom stereocenters. The summed E-state index contributed by atoms with van der Waals surface area (Å²) in [6.45, 7) is 0. The predicted molar refractivity (Wildman–Crippen MR) is 68.4 cm³/mol. The fourth-order valence-electron chi connectivity index (χ4n) is 1.77. The Bertz CT molecular complexity index is 582. The third-order valence-corrected chi connectivity index (χ3v) is 3.00. The van der Waals surface area contributed by atoms with Crippen molar-refractivity contribution in [1.29, 1.82) is 0 Å². The van der Waals surface area contributed by atoms with Crippen LogP contribution in [0.5, 0.6) is 5.75 Å². The lowest BCUT2D eigenvalue weighted by atomic mass is 10.0. The van der Waals surface area contributed by atoms with E-state index < -0.39 is 17.7 Å². The molecule has 0 aromatic heterocycles. The third kappa shape index (κ3) is 3.03. The zero-order valence-electron chi connectivity index (χ0n) is 10.0. The molecular weight excluding hydrogens is 274 g/mol. The van der Waals surface area contributed by atoms with Crippen molar-refractivity contribution in [2.75, 3.05) is 7.11 Å². The molecule has 0 bridgehead atoms. The van der Waals surface area contributed by atoms with Gasteiger partial charge in [0.2, 0.25) is 0 Å². The molecule has 0 saturated carbocycles. The summed E-state index contributed by atoms with van der Waals surface area (Å²) in [6.07, 6.45) is -1.16. The first-order chi connectivity index (χ1) is 9.01. The maximum absolute atomic E-state index is 13.1. The minimum absolute atomic E-state index is 0.127. The van der Waals surface area contributed by atoms with E-state index in [1.807, 2.05) is 0 Å². The molecular formula is C14H11ClF2O2. The van der Waals surface area contributed by atoms with E-state index in [4.69, 9.17) is 16.3 Å². The Morgan fingerprint density at radius 1 is 1.05 bits per heavy atom. The molecule has 100 valence electrons. The van der Waals surface area contributed by atoms with Crippen molar-refractivity contribution in [1.82, 2.24) is 0 Å². The Morgan fingerprint density at radius 3 is 2.26 bits per heavy atom. The second-order valence-electron chi connectivity index (χ2n) is 4.00. The molecule has 1 N–H and O–H groups in total. The normalized spacial score (nSPS) is 12.3. The molecule has 1 unspecified atom stereocenters. The van der Waals surface area contributed by atoms with Crippen LogP contribution in [0, 0.1) is 11.6 Å². The number of methoxy groups -OCH3 is 1. The molecule has 2 rings (SSSR count). The van der Waals surface area contributed by atoms with Crippen molar-refractivity contribution in [3.8, 4) is 5.75 Å². The largest absolute Gasteiger partial charge is 0.495 e. The van der Waals surface area contributed by atoms with Crippen molar-refractivity contribution in [3.05, 3.63) is 64.2 Å². The Morgan fingerprint density at radius 2 is 1.68 bits per heavy atom. The van der Waals surface area contributed by atoms with Crippen LogP contribution in [0.3, 0.4) is 0 Å². The Hall–Kier alpha value is -1.65. The van der Waals surface area contributed by atoms with E-state index in [-0.39, 0.29) is 5.56 Å². The van der Waals surface area contributed by atoms with Gasteiger partial charge in [-0.25, -0.2) is 8.78 Å². The van der Waals surface area contributed by atoms with Gasteiger partial charge in [0.05, 0.1) is 12.1 Å². The maximum atomic E-state index is 13.1. The highest BCUT2D eigenvalue weighted by atomic mass is 35.5. The van der Waals surface area contributed by atoms with Crippen LogP contribution < -0.4 is 4.74 Å². The van der Waals surface area contributed by atoms with Crippen LogP contribution >= 0.6 is 11.6 Å². The summed E-state index contributed by atoms with van der Waals surface area (Å²) in [5.41, 5.74) is 0.563. The van der Waals surface area contributed by atoms with E-state index in [2.05, 4.69) is 0 Å². The van der Waals surface area contributed by atoms with Crippen LogP contribution in [0.15, 0.2) is 36.4 Å². The molecule has 0 aliphatic rings. The number of aliphatic hydroxyl groups excluding tert-OH is 1. The second kappa shape index (κ2) is 5.55. The average molecular weight is 285 g/mol. The topological polar surface area (TPSA) is 29.5 Å². The van der Waals surface area contributed by atoms with Crippen molar-refractivity contribution >= 4 is 11.6 Å². The number of hydrogen-bond acceptors (Lipinski definition) is 2. The molecule has 2 nitrogen and oxygen atoms in total. The van der Waals surface area contributed by atoms with Crippen LogP contribution in [-0.2, 0) is 0 Å². The van der Waals surface area contributed by atoms with Gasteiger partial charge in [-0.1, -0.05) is 17.7 Å². The zero-order valence-corrected chi connectivity index (χ0v) is 10.8. The molecule has 0 spiro atoms. The molecule has 2 aromatic rings. The zero-order chi connectivity index (χ0) is 14.0. The van der Waals surface area contributed by atoms with Crippen LogP contribution in [0.2, 0.25) is 5.02 Å². The van der Waals surface area contributed by atoms with Crippen molar-refractivity contribution in [3.63, 3.8) is 0 Å². The van der Waals surface area contributed by atoms with E-state index in [9.17, 15) is 13.9 Å². The summed E-state index contributed by atoms with van der Waals surface area (Å²) >= 11 is 5.87. The van der Waals surface area contributed by atoms with E-state index in [0.29, 0.717) is 16.3 Å². The molecule has 0 amide bonds. The first kappa shape index (κ1) is 13.8. The quantitative estimate of drug-likeness (QED) is 0.931.